The van der Waals surface area contributed by atoms with E-state index in [4.69, 9.17) is 0 Å². The van der Waals surface area contributed by atoms with Gasteiger partial charge < -0.3 is 5.11 Å². The van der Waals surface area contributed by atoms with Crippen molar-refractivity contribution in [2.24, 2.45) is 10.2 Å². The van der Waals surface area contributed by atoms with Crippen molar-refractivity contribution in [3.8, 4) is 5.75 Å². The summed E-state index contributed by atoms with van der Waals surface area (Å²) in [6.07, 6.45) is 1.02. The fraction of sp³-hybridized carbons (Fsp3) is 0.0800. The van der Waals surface area contributed by atoms with Crippen LogP contribution in [-0.2, 0) is 9.59 Å². The molecule has 3 rings (SSSR count). The highest BCUT2D eigenvalue weighted by Crippen LogP contribution is 2.12. The van der Waals surface area contributed by atoms with Crippen LogP contribution in [0.1, 0.15) is 34.3 Å². The molecular formula is C25H22N4O4. The third-order valence-corrected chi connectivity index (χ3v) is 4.50. The van der Waals surface area contributed by atoms with E-state index >= 15 is 0 Å². The lowest BCUT2D eigenvalue weighted by molar-refractivity contribution is -0.126. The number of aromatic hydroxyl groups is 1. The number of phenols is 1. The number of Topliss-reactive ketones (excluding diaryl/α,β-unsaturated/α-hetero) is 1. The molecule has 0 aliphatic heterocycles. The molecule has 0 radical (unpaired) electrons. The first kappa shape index (κ1) is 23.1. The second kappa shape index (κ2) is 11.7. The maximum atomic E-state index is 12.9. The Kier molecular flexibility index (Phi) is 8.19. The van der Waals surface area contributed by atoms with Gasteiger partial charge in [0.05, 0.1) is 6.21 Å². The first-order valence-corrected chi connectivity index (χ1v) is 10.2. The van der Waals surface area contributed by atoms with E-state index in [2.05, 4.69) is 21.1 Å². The predicted octanol–water partition coefficient (Wildman–Crippen LogP) is 3.03. The van der Waals surface area contributed by atoms with E-state index in [1.54, 1.807) is 72.8 Å². The van der Waals surface area contributed by atoms with Gasteiger partial charge in [-0.2, -0.15) is 10.2 Å². The fourth-order valence-corrected chi connectivity index (χ4v) is 2.80. The lowest BCUT2D eigenvalue weighted by Gasteiger charge is -2.07. The second-order valence-corrected chi connectivity index (χ2v) is 6.91. The number of nitrogens with one attached hydrogen (secondary N) is 2. The number of benzene rings is 3. The molecule has 0 saturated heterocycles. The molecule has 0 spiro atoms. The summed E-state index contributed by atoms with van der Waals surface area (Å²) in [5, 5.41) is 17.5. The zero-order valence-electron chi connectivity index (χ0n) is 17.6. The highest BCUT2D eigenvalue weighted by molar-refractivity contribution is 6.51. The summed E-state index contributed by atoms with van der Waals surface area (Å²) in [5.74, 6) is -1.31. The molecular weight excluding hydrogens is 420 g/mol. The van der Waals surface area contributed by atoms with Crippen molar-refractivity contribution < 1.29 is 19.5 Å². The number of phenolic OH excluding ortho intramolecular Hbond substituents is 1. The molecule has 3 aromatic carbocycles. The smallest absolute Gasteiger partial charge is 0.240 e. The average molecular weight is 442 g/mol. The van der Waals surface area contributed by atoms with Crippen molar-refractivity contribution in [2.45, 2.75) is 12.8 Å². The quantitative estimate of drug-likeness (QED) is 0.268. The Morgan fingerprint density at radius 3 is 1.91 bits per heavy atom. The number of hydrazone groups is 2. The number of hydrogen-bond donors (Lipinski definition) is 3. The van der Waals surface area contributed by atoms with Crippen LogP contribution >= 0.6 is 0 Å². The molecule has 33 heavy (non-hydrogen) atoms. The first-order chi connectivity index (χ1) is 16.0. The van der Waals surface area contributed by atoms with E-state index in [1.165, 1.54) is 12.3 Å². The van der Waals surface area contributed by atoms with Crippen molar-refractivity contribution in [1.29, 1.82) is 0 Å². The third-order valence-electron chi connectivity index (χ3n) is 4.50. The average Bonchev–Trinajstić information content (AvgIpc) is 2.85. The topological polar surface area (TPSA) is 120 Å². The number of para-hydroxylation sites is 1. The minimum Gasteiger partial charge on any atom is -0.507 e. The molecule has 0 aliphatic carbocycles. The number of carbonyl (C=O) groups is 3. The number of rotatable bonds is 9. The zero-order chi connectivity index (χ0) is 23.5. The molecule has 0 unspecified atom stereocenters. The molecule has 0 saturated carbocycles. The molecule has 3 aromatic rings. The summed E-state index contributed by atoms with van der Waals surface area (Å²) in [6.45, 7) is 0. The molecule has 8 nitrogen and oxygen atoms in total. The van der Waals surface area contributed by atoms with Crippen molar-refractivity contribution >= 4 is 29.5 Å². The van der Waals surface area contributed by atoms with Crippen LogP contribution in [0.2, 0.25) is 0 Å². The van der Waals surface area contributed by atoms with E-state index in [9.17, 15) is 19.5 Å². The summed E-state index contributed by atoms with van der Waals surface area (Å²) >= 11 is 0. The minimum absolute atomic E-state index is 0.0343. The zero-order valence-corrected chi connectivity index (χ0v) is 17.6. The predicted molar refractivity (Wildman–Crippen MR) is 125 cm³/mol. The highest BCUT2D eigenvalue weighted by Gasteiger charge is 2.17. The largest absolute Gasteiger partial charge is 0.507 e. The number of carbonyl (C=O) groups excluding carboxylic acids is 3. The van der Waals surface area contributed by atoms with Crippen LogP contribution < -0.4 is 10.9 Å². The monoisotopic (exact) mass is 442 g/mol. The third kappa shape index (κ3) is 6.96. The second-order valence-electron chi connectivity index (χ2n) is 6.91. The molecule has 0 aliphatic rings. The molecule has 0 heterocycles. The Morgan fingerprint density at radius 1 is 0.727 bits per heavy atom. The van der Waals surface area contributed by atoms with Crippen LogP contribution in [0, 0.1) is 0 Å². The molecule has 0 fully saturated rings. The number of amides is 2. The summed E-state index contributed by atoms with van der Waals surface area (Å²) in [5.41, 5.74) is 6.18. The van der Waals surface area contributed by atoms with Crippen molar-refractivity contribution in [3.05, 3.63) is 102 Å². The first-order valence-electron chi connectivity index (χ1n) is 10.2. The van der Waals surface area contributed by atoms with Crippen LogP contribution in [0.5, 0.6) is 5.75 Å². The summed E-state index contributed by atoms with van der Waals surface area (Å²) in [6, 6.07) is 24.0. The minimum atomic E-state index is -0.524. The Labute approximate surface area is 190 Å². The molecule has 3 N–H and O–H groups in total. The Bertz CT molecular complexity index is 1180. The summed E-state index contributed by atoms with van der Waals surface area (Å²) in [7, 11) is 0. The lowest BCUT2D eigenvalue weighted by Crippen LogP contribution is -2.26. The van der Waals surface area contributed by atoms with Gasteiger partial charge in [0.15, 0.2) is 0 Å². The van der Waals surface area contributed by atoms with E-state index in [0.29, 0.717) is 16.7 Å². The van der Waals surface area contributed by atoms with Gasteiger partial charge in [0.2, 0.25) is 17.6 Å². The van der Waals surface area contributed by atoms with Gasteiger partial charge in [-0.15, -0.1) is 0 Å². The van der Waals surface area contributed by atoms with Gasteiger partial charge in [0.25, 0.3) is 0 Å². The van der Waals surface area contributed by atoms with Crippen molar-refractivity contribution in [2.75, 3.05) is 0 Å². The van der Waals surface area contributed by atoms with Gasteiger partial charge in [0.1, 0.15) is 11.5 Å². The maximum Gasteiger partial charge on any atom is 0.240 e. The SMILES string of the molecule is O=C(CCC(=O)N/N=C(/C(=O)c1ccccc1)c1ccccc1)N/N=C/c1ccccc1O. The van der Waals surface area contributed by atoms with Gasteiger partial charge in [-0.05, 0) is 12.1 Å². The van der Waals surface area contributed by atoms with Crippen LogP contribution in [0.15, 0.2) is 95.1 Å². The summed E-state index contributed by atoms with van der Waals surface area (Å²) < 4.78 is 0. The maximum absolute atomic E-state index is 12.9. The molecule has 8 heteroatoms. The van der Waals surface area contributed by atoms with E-state index in [0.717, 1.165) is 0 Å². The molecule has 2 amide bonds. The Balaban J connectivity index is 1.58. The van der Waals surface area contributed by atoms with Crippen molar-refractivity contribution in [1.82, 2.24) is 10.9 Å². The molecule has 0 aromatic heterocycles. The number of nitrogens with zero attached hydrogens (tertiary/aromatic N) is 2. The standard InChI is InChI=1S/C25H22N4O4/c30-21-14-8-7-13-20(21)17-26-27-22(31)15-16-23(32)28-29-24(18-9-3-1-4-10-18)25(33)19-11-5-2-6-12-19/h1-14,17,30H,15-16H2,(H,27,31)(H,28,32)/b26-17+,29-24+. The Hall–Kier alpha value is -4.59. The number of hydrogen-bond acceptors (Lipinski definition) is 6. The van der Waals surface area contributed by atoms with Gasteiger partial charge in [0, 0.05) is 29.5 Å². The highest BCUT2D eigenvalue weighted by atomic mass is 16.3. The molecule has 166 valence electrons. The van der Waals surface area contributed by atoms with Gasteiger partial charge in [-0.3, -0.25) is 14.4 Å². The lowest BCUT2D eigenvalue weighted by atomic mass is 10.0. The van der Waals surface area contributed by atoms with Gasteiger partial charge in [-0.25, -0.2) is 10.9 Å². The summed E-state index contributed by atoms with van der Waals surface area (Å²) in [4.78, 5) is 37.0. The number of ketones is 1. The van der Waals surface area contributed by atoms with Crippen LogP contribution in [-0.4, -0.2) is 34.6 Å². The Morgan fingerprint density at radius 2 is 1.27 bits per heavy atom. The van der Waals surface area contributed by atoms with Crippen molar-refractivity contribution in [3.63, 3.8) is 0 Å². The normalized spacial score (nSPS) is 11.2. The van der Waals surface area contributed by atoms with Crippen LogP contribution in [0.4, 0.5) is 0 Å². The van der Waals surface area contributed by atoms with Crippen LogP contribution in [0.3, 0.4) is 0 Å². The fourth-order valence-electron chi connectivity index (χ4n) is 2.80. The molecule has 0 atom stereocenters. The van der Waals surface area contributed by atoms with E-state index in [-0.39, 0.29) is 30.1 Å². The van der Waals surface area contributed by atoms with Gasteiger partial charge >= 0.3 is 0 Å². The van der Waals surface area contributed by atoms with Crippen LogP contribution in [0.25, 0.3) is 0 Å². The molecule has 0 bridgehead atoms. The van der Waals surface area contributed by atoms with Gasteiger partial charge in [-0.1, -0.05) is 72.8 Å². The van der Waals surface area contributed by atoms with E-state index < -0.39 is 11.8 Å². The van der Waals surface area contributed by atoms with E-state index in [1.807, 2.05) is 6.07 Å².